The third-order valence-electron chi connectivity index (χ3n) is 3.95. The van der Waals surface area contributed by atoms with Gasteiger partial charge >= 0.3 is 15.6 Å². The van der Waals surface area contributed by atoms with Gasteiger partial charge in [0, 0.05) is 0 Å². The van der Waals surface area contributed by atoms with E-state index in [4.69, 9.17) is 30.0 Å². The smallest absolute Gasteiger partial charge is 0.385 e. The quantitative estimate of drug-likeness (QED) is 0.255. The molecule has 2 saturated heterocycles. The molecule has 0 aliphatic carbocycles. The molecule has 154 valence electrons. The Morgan fingerprint density at radius 1 is 1.29 bits per heavy atom. The predicted molar refractivity (Wildman–Crippen MR) is 83.5 cm³/mol. The topological polar surface area (TPSA) is 231 Å². The summed E-state index contributed by atoms with van der Waals surface area (Å²) in [6.07, 6.45) is -1.23. The van der Waals surface area contributed by atoms with Gasteiger partial charge in [-0.25, -0.2) is 29.0 Å². The third kappa shape index (κ3) is 3.34. The molecule has 0 spiro atoms. The predicted octanol–water partition coefficient (Wildman–Crippen LogP) is -1.45. The summed E-state index contributed by atoms with van der Waals surface area (Å²) in [5.74, 6) is -1.75. The Morgan fingerprint density at radius 3 is 2.68 bits per heavy atom. The van der Waals surface area contributed by atoms with Gasteiger partial charge in [-0.3, -0.25) is 9.09 Å². The second kappa shape index (κ2) is 6.48. The van der Waals surface area contributed by atoms with Gasteiger partial charge in [-0.1, -0.05) is 0 Å². The Hall–Kier alpha value is -1.55. The second-order valence-electron chi connectivity index (χ2n) is 5.81. The van der Waals surface area contributed by atoms with E-state index in [1.165, 1.54) is 17.2 Å². The van der Waals surface area contributed by atoms with Crippen molar-refractivity contribution in [2.24, 2.45) is 0 Å². The van der Waals surface area contributed by atoms with Crippen LogP contribution in [0.15, 0.2) is 12.7 Å². The Kier molecular flexibility index (Phi) is 4.57. The summed E-state index contributed by atoms with van der Waals surface area (Å²) in [5.41, 5.74) is 6.18. The maximum Gasteiger partial charge on any atom is 0.481 e. The van der Waals surface area contributed by atoms with Gasteiger partial charge in [0.2, 0.25) is 0 Å². The molecule has 0 aromatic carbocycles. The third-order valence-corrected chi connectivity index (χ3v) is 6.08. The molecule has 2 fully saturated rings. The SMILES string of the molecule is Nc1ncnc2c1ncn2[C@@H]1O[C@@]2(COP(=O)(O)OP(=O)(O)O)OO[C@H]2[C@H]1O. The molecule has 6 N–H and O–H groups in total. The van der Waals surface area contributed by atoms with Crippen LogP contribution in [0.25, 0.3) is 11.2 Å². The maximum atomic E-state index is 11.6. The number of fused-ring (bicyclic) bond motifs is 2. The number of nitrogens with zero attached hydrogens (tertiary/aromatic N) is 4. The van der Waals surface area contributed by atoms with E-state index in [0.717, 1.165) is 0 Å². The summed E-state index contributed by atoms with van der Waals surface area (Å²) in [7, 11) is -10.5. The van der Waals surface area contributed by atoms with E-state index in [2.05, 4.69) is 23.8 Å². The number of rotatable bonds is 6. The van der Waals surface area contributed by atoms with Crippen molar-refractivity contribution in [2.45, 2.75) is 24.2 Å². The normalized spacial score (nSPS) is 32.1. The zero-order chi connectivity index (χ0) is 20.3. The van der Waals surface area contributed by atoms with E-state index >= 15 is 0 Å². The Morgan fingerprint density at radius 2 is 2.04 bits per heavy atom. The molecule has 2 aromatic rings. The first-order valence-electron chi connectivity index (χ1n) is 7.39. The zero-order valence-corrected chi connectivity index (χ0v) is 15.3. The van der Waals surface area contributed by atoms with Gasteiger partial charge in [0.15, 0.2) is 23.8 Å². The molecule has 4 heterocycles. The Balaban J connectivity index is 1.55. The molecule has 0 radical (unpaired) electrons. The van der Waals surface area contributed by atoms with Gasteiger partial charge in [0.25, 0.3) is 5.79 Å². The van der Waals surface area contributed by atoms with Gasteiger partial charge in [-0.15, -0.1) is 0 Å². The number of ether oxygens (including phenoxy) is 1. The maximum absolute atomic E-state index is 11.6. The van der Waals surface area contributed by atoms with Gasteiger partial charge in [0.1, 0.15) is 24.6 Å². The number of nitrogens with two attached hydrogens (primary N) is 1. The lowest BCUT2D eigenvalue weighted by molar-refractivity contribution is -0.560. The fourth-order valence-electron chi connectivity index (χ4n) is 2.79. The summed E-state index contributed by atoms with van der Waals surface area (Å²) in [5, 5.41) is 10.5. The summed E-state index contributed by atoms with van der Waals surface area (Å²) in [6, 6.07) is 0. The summed E-state index contributed by atoms with van der Waals surface area (Å²) >= 11 is 0. The fraction of sp³-hybridized carbons (Fsp3) is 0.500. The summed E-state index contributed by atoms with van der Waals surface area (Å²) in [4.78, 5) is 48.1. The first-order chi connectivity index (χ1) is 13.0. The largest absolute Gasteiger partial charge is 0.481 e. The van der Waals surface area contributed by atoms with E-state index in [-0.39, 0.29) is 17.0 Å². The molecule has 28 heavy (non-hydrogen) atoms. The molecule has 2 aliphatic rings. The van der Waals surface area contributed by atoms with Crippen LogP contribution in [0.5, 0.6) is 0 Å². The van der Waals surface area contributed by atoms with Crippen LogP contribution in [0.2, 0.25) is 0 Å². The molecule has 4 rings (SSSR count). The highest BCUT2D eigenvalue weighted by Gasteiger charge is 2.67. The van der Waals surface area contributed by atoms with Gasteiger partial charge in [-0.05, 0) is 0 Å². The highest BCUT2D eigenvalue weighted by atomic mass is 31.3. The molecule has 2 aliphatic heterocycles. The minimum Gasteiger partial charge on any atom is -0.385 e. The number of aromatic nitrogens is 4. The highest BCUT2D eigenvalue weighted by molar-refractivity contribution is 7.60. The summed E-state index contributed by atoms with van der Waals surface area (Å²) in [6.45, 7) is -0.858. The van der Waals surface area contributed by atoms with Gasteiger partial charge in [-0.2, -0.15) is 9.20 Å². The Labute approximate surface area is 154 Å². The minimum absolute atomic E-state index is 0.0977. The number of nitrogen functional groups attached to an aromatic ring is 1. The minimum atomic E-state index is -5.30. The van der Waals surface area contributed by atoms with Crippen molar-refractivity contribution in [3.05, 3.63) is 12.7 Å². The van der Waals surface area contributed by atoms with Crippen molar-refractivity contribution in [3.8, 4) is 0 Å². The van der Waals surface area contributed by atoms with E-state index < -0.39 is 46.5 Å². The van der Waals surface area contributed by atoms with Gasteiger partial charge in [0.05, 0.1) is 6.33 Å². The van der Waals surface area contributed by atoms with Crippen molar-refractivity contribution in [3.63, 3.8) is 0 Å². The molecule has 0 saturated carbocycles. The summed E-state index contributed by atoms with van der Waals surface area (Å²) < 4.78 is 37.4. The van der Waals surface area contributed by atoms with E-state index in [0.29, 0.717) is 0 Å². The van der Waals surface area contributed by atoms with Crippen molar-refractivity contribution in [2.75, 3.05) is 12.3 Å². The van der Waals surface area contributed by atoms with Crippen LogP contribution in [0.3, 0.4) is 0 Å². The van der Waals surface area contributed by atoms with Crippen LogP contribution < -0.4 is 5.73 Å². The van der Waals surface area contributed by atoms with Gasteiger partial charge < -0.3 is 30.3 Å². The van der Waals surface area contributed by atoms with Crippen LogP contribution in [0, 0.1) is 0 Å². The molecule has 1 unspecified atom stereocenters. The zero-order valence-electron chi connectivity index (χ0n) is 13.5. The van der Waals surface area contributed by atoms with Crippen molar-refractivity contribution >= 4 is 32.6 Å². The number of imidazole rings is 1. The number of phosphoric ester groups is 1. The number of hydrogen-bond donors (Lipinski definition) is 5. The molecular formula is C10H13N5O11P2. The van der Waals surface area contributed by atoms with E-state index in [9.17, 15) is 19.1 Å². The van der Waals surface area contributed by atoms with Crippen molar-refractivity contribution in [1.29, 1.82) is 0 Å². The van der Waals surface area contributed by atoms with Crippen LogP contribution in [-0.4, -0.2) is 63.9 Å². The molecule has 5 atom stereocenters. The number of phosphoric acid groups is 2. The van der Waals surface area contributed by atoms with Crippen molar-refractivity contribution < 1.29 is 52.3 Å². The monoisotopic (exact) mass is 441 g/mol. The number of aliphatic hydroxyl groups excluding tert-OH is 1. The standard InChI is InChI=1S/C10H13N5O11P2/c11-7-4-8(13-2-12-7)15(3-14-4)9-5(16)6-10(23-9,25-24-6)1-22-28(20,21)26-27(17,18)19/h2-3,5-6,9,16H,1H2,(H,20,21)(H2,11,12,13)(H2,17,18,19)/t5-,6+,9-,10+/m1/s1. The lowest BCUT2D eigenvalue weighted by Crippen LogP contribution is -2.59. The molecule has 16 nitrogen and oxygen atoms in total. The lowest BCUT2D eigenvalue weighted by atomic mass is 10.1. The average Bonchev–Trinajstić information content (AvgIpc) is 3.03. The lowest BCUT2D eigenvalue weighted by Gasteiger charge is -2.40. The Bertz CT molecular complexity index is 1010. The van der Waals surface area contributed by atoms with E-state index in [1.807, 2.05) is 0 Å². The molecule has 0 amide bonds. The first-order valence-corrected chi connectivity index (χ1v) is 10.4. The number of hydrogen-bond acceptors (Lipinski definition) is 12. The average molecular weight is 441 g/mol. The second-order valence-corrected chi connectivity index (χ2v) is 8.64. The van der Waals surface area contributed by atoms with E-state index in [1.54, 1.807) is 0 Å². The molecule has 0 bridgehead atoms. The van der Waals surface area contributed by atoms with Crippen LogP contribution in [-0.2, 0) is 32.5 Å². The molecule has 18 heteroatoms. The first kappa shape index (κ1) is 19.8. The van der Waals surface area contributed by atoms with Crippen LogP contribution in [0.1, 0.15) is 6.23 Å². The fourth-order valence-corrected chi connectivity index (χ4v) is 4.39. The van der Waals surface area contributed by atoms with Crippen molar-refractivity contribution in [1.82, 2.24) is 19.5 Å². The molecular weight excluding hydrogens is 428 g/mol. The highest BCUT2D eigenvalue weighted by Crippen LogP contribution is 2.59. The van der Waals surface area contributed by atoms with Crippen LogP contribution in [0.4, 0.5) is 5.82 Å². The van der Waals surface area contributed by atoms with Crippen LogP contribution >= 0.6 is 15.6 Å². The molecule has 2 aromatic heterocycles. The number of aliphatic hydroxyl groups is 1. The number of anilines is 1.